The molecule has 3 rings (SSSR count). The number of alkyl halides is 3. The van der Waals surface area contributed by atoms with Crippen molar-refractivity contribution in [2.75, 3.05) is 13.1 Å². The molecule has 1 N–H and O–H groups in total. The molecule has 0 amide bonds. The molecule has 1 aliphatic rings. The van der Waals surface area contributed by atoms with Crippen LogP contribution in [0.3, 0.4) is 0 Å². The summed E-state index contributed by atoms with van der Waals surface area (Å²) in [4.78, 5) is 5.97. The van der Waals surface area contributed by atoms with E-state index in [0.717, 1.165) is 31.3 Å². The molecule has 1 saturated heterocycles. The third-order valence-corrected chi connectivity index (χ3v) is 4.33. The lowest BCUT2D eigenvalue weighted by Crippen LogP contribution is -2.34. The predicted octanol–water partition coefficient (Wildman–Crippen LogP) is 2.90. The molecule has 5 nitrogen and oxygen atoms in total. The molecule has 1 fully saturated rings. The summed E-state index contributed by atoms with van der Waals surface area (Å²) in [7, 11) is 1.61. The summed E-state index contributed by atoms with van der Waals surface area (Å²) < 4.78 is 45.5. The number of hydrogen-bond acceptors (Lipinski definition) is 4. The number of furan rings is 1. The summed E-state index contributed by atoms with van der Waals surface area (Å²) in [6.45, 7) is 1.93. The molecule has 0 spiro atoms. The van der Waals surface area contributed by atoms with Crippen LogP contribution in [0.25, 0.3) is 0 Å². The molecule has 132 valence electrons. The number of aliphatic hydroxyl groups excluding tert-OH is 1. The molecule has 0 saturated carbocycles. The highest BCUT2D eigenvalue weighted by atomic mass is 19.4. The first-order valence-corrected chi connectivity index (χ1v) is 7.88. The van der Waals surface area contributed by atoms with Gasteiger partial charge in [-0.1, -0.05) is 0 Å². The van der Waals surface area contributed by atoms with Crippen molar-refractivity contribution in [2.45, 2.75) is 38.1 Å². The van der Waals surface area contributed by atoms with Crippen LogP contribution >= 0.6 is 0 Å². The highest BCUT2D eigenvalue weighted by Crippen LogP contribution is 2.32. The second-order valence-electron chi connectivity index (χ2n) is 6.19. The Morgan fingerprint density at radius 3 is 2.71 bits per heavy atom. The Balaban J connectivity index is 1.70. The molecule has 1 aliphatic heterocycles. The van der Waals surface area contributed by atoms with E-state index in [1.54, 1.807) is 13.1 Å². The van der Waals surface area contributed by atoms with Gasteiger partial charge in [-0.25, -0.2) is 4.98 Å². The summed E-state index contributed by atoms with van der Waals surface area (Å²) in [6, 6.07) is 3.54. The molecule has 2 aromatic rings. The van der Waals surface area contributed by atoms with Crippen LogP contribution in [0.2, 0.25) is 0 Å². The second kappa shape index (κ2) is 6.60. The maximum Gasteiger partial charge on any atom is 0.434 e. The van der Waals surface area contributed by atoms with E-state index in [-0.39, 0.29) is 12.5 Å². The van der Waals surface area contributed by atoms with E-state index < -0.39 is 11.9 Å². The lowest BCUT2D eigenvalue weighted by molar-refractivity contribution is -0.141. The average molecular weight is 343 g/mol. The molecule has 0 aliphatic carbocycles. The SMILES string of the molecule is Cn1cc(C(F)(F)F)nc1[C@H]1CCCN(Cc2ccc(CO)o2)C1. The first kappa shape index (κ1) is 17.0. The van der Waals surface area contributed by atoms with Crippen molar-refractivity contribution in [2.24, 2.45) is 7.05 Å². The van der Waals surface area contributed by atoms with Crippen LogP contribution < -0.4 is 0 Å². The summed E-state index contributed by atoms with van der Waals surface area (Å²) >= 11 is 0. The molecule has 3 heterocycles. The molecule has 0 aromatic carbocycles. The van der Waals surface area contributed by atoms with Crippen molar-refractivity contribution in [1.29, 1.82) is 0 Å². The number of hydrogen-bond donors (Lipinski definition) is 1. The molecule has 1 atom stereocenters. The van der Waals surface area contributed by atoms with Crippen molar-refractivity contribution in [1.82, 2.24) is 14.5 Å². The van der Waals surface area contributed by atoms with Gasteiger partial charge in [-0.15, -0.1) is 0 Å². The van der Waals surface area contributed by atoms with Crippen LogP contribution in [0.5, 0.6) is 0 Å². The van der Waals surface area contributed by atoms with Crippen molar-refractivity contribution in [3.63, 3.8) is 0 Å². The standard InChI is InChI=1S/C16H20F3N3O2/c1-21-9-14(16(17,18)19)20-15(21)11-3-2-6-22(7-11)8-12-4-5-13(10-23)24-12/h4-5,9,11,23H,2-3,6-8,10H2,1H3/t11-/m0/s1. The third-order valence-electron chi connectivity index (χ3n) is 4.33. The van der Waals surface area contributed by atoms with Gasteiger partial charge in [0.15, 0.2) is 5.69 Å². The molecule has 8 heteroatoms. The number of aromatic nitrogens is 2. The van der Waals surface area contributed by atoms with E-state index in [0.29, 0.717) is 24.7 Å². The summed E-state index contributed by atoms with van der Waals surface area (Å²) in [5.41, 5.74) is -0.837. The van der Waals surface area contributed by atoms with E-state index in [4.69, 9.17) is 9.52 Å². The number of piperidine rings is 1. The molecular weight excluding hydrogens is 323 g/mol. The Kier molecular flexibility index (Phi) is 4.69. The lowest BCUT2D eigenvalue weighted by atomic mass is 9.97. The van der Waals surface area contributed by atoms with Crippen molar-refractivity contribution in [3.05, 3.63) is 41.4 Å². The van der Waals surface area contributed by atoms with Crippen LogP contribution in [0.4, 0.5) is 13.2 Å². The molecule has 0 bridgehead atoms. The van der Waals surface area contributed by atoms with E-state index in [2.05, 4.69) is 9.88 Å². The van der Waals surface area contributed by atoms with Gasteiger partial charge in [0.05, 0.1) is 6.54 Å². The lowest BCUT2D eigenvalue weighted by Gasteiger charge is -2.31. The number of imidazole rings is 1. The smallest absolute Gasteiger partial charge is 0.434 e. The van der Waals surface area contributed by atoms with Gasteiger partial charge < -0.3 is 14.1 Å². The van der Waals surface area contributed by atoms with Gasteiger partial charge in [0.25, 0.3) is 0 Å². The van der Waals surface area contributed by atoms with Crippen LogP contribution in [-0.4, -0.2) is 32.6 Å². The monoisotopic (exact) mass is 343 g/mol. The highest BCUT2D eigenvalue weighted by Gasteiger charge is 2.36. The summed E-state index contributed by atoms with van der Waals surface area (Å²) in [6.07, 6.45) is -1.65. The number of rotatable bonds is 4. The zero-order chi connectivity index (χ0) is 17.3. The normalized spacial score (nSPS) is 19.8. The Hall–Kier alpha value is -1.80. The maximum absolute atomic E-state index is 12.8. The Labute approximate surface area is 137 Å². The minimum absolute atomic E-state index is 0.0351. The van der Waals surface area contributed by atoms with Crippen molar-refractivity contribution >= 4 is 0 Å². The second-order valence-corrected chi connectivity index (χ2v) is 6.19. The van der Waals surface area contributed by atoms with Crippen LogP contribution in [-0.2, 0) is 26.4 Å². The number of aliphatic hydroxyl groups is 1. The maximum atomic E-state index is 12.8. The quantitative estimate of drug-likeness (QED) is 0.927. The van der Waals surface area contributed by atoms with Gasteiger partial charge in [0, 0.05) is 25.7 Å². The van der Waals surface area contributed by atoms with Crippen molar-refractivity contribution in [3.8, 4) is 0 Å². The number of nitrogens with zero attached hydrogens (tertiary/aromatic N) is 3. The van der Waals surface area contributed by atoms with E-state index in [1.165, 1.54) is 4.57 Å². The average Bonchev–Trinajstić information content (AvgIpc) is 3.13. The summed E-state index contributed by atoms with van der Waals surface area (Å²) in [5.74, 6) is 1.70. The van der Waals surface area contributed by atoms with E-state index in [9.17, 15) is 13.2 Å². The van der Waals surface area contributed by atoms with Crippen LogP contribution in [0, 0.1) is 0 Å². The molecule has 0 radical (unpaired) electrons. The molecular formula is C16H20F3N3O2. The first-order valence-electron chi connectivity index (χ1n) is 7.88. The molecule has 2 aromatic heterocycles. The predicted molar refractivity (Wildman–Crippen MR) is 80.1 cm³/mol. The third kappa shape index (κ3) is 3.64. The Bertz CT molecular complexity index is 693. The molecule has 24 heavy (non-hydrogen) atoms. The number of aryl methyl sites for hydroxylation is 1. The highest BCUT2D eigenvalue weighted by molar-refractivity contribution is 5.12. The fourth-order valence-electron chi connectivity index (χ4n) is 3.22. The van der Waals surface area contributed by atoms with E-state index >= 15 is 0 Å². The van der Waals surface area contributed by atoms with Crippen LogP contribution in [0.15, 0.2) is 22.7 Å². The Morgan fingerprint density at radius 1 is 1.33 bits per heavy atom. The minimum Gasteiger partial charge on any atom is -0.462 e. The van der Waals surface area contributed by atoms with Gasteiger partial charge in [0.2, 0.25) is 0 Å². The van der Waals surface area contributed by atoms with E-state index in [1.807, 2.05) is 6.07 Å². The topological polar surface area (TPSA) is 54.4 Å². The van der Waals surface area contributed by atoms with Crippen LogP contribution in [0.1, 0.15) is 41.8 Å². The zero-order valence-electron chi connectivity index (χ0n) is 13.4. The zero-order valence-corrected chi connectivity index (χ0v) is 13.4. The van der Waals surface area contributed by atoms with Gasteiger partial charge in [-0.3, -0.25) is 4.90 Å². The Morgan fingerprint density at radius 2 is 2.08 bits per heavy atom. The van der Waals surface area contributed by atoms with Gasteiger partial charge >= 0.3 is 6.18 Å². The first-order chi connectivity index (χ1) is 11.4. The largest absolute Gasteiger partial charge is 0.462 e. The number of likely N-dealkylation sites (tertiary alicyclic amines) is 1. The minimum atomic E-state index is -4.42. The summed E-state index contributed by atoms with van der Waals surface area (Å²) in [5, 5.41) is 9.04. The number of halogens is 3. The fraction of sp³-hybridized carbons (Fsp3) is 0.562. The van der Waals surface area contributed by atoms with Gasteiger partial charge in [-0.2, -0.15) is 13.2 Å². The van der Waals surface area contributed by atoms with Crippen molar-refractivity contribution < 1.29 is 22.7 Å². The van der Waals surface area contributed by atoms with Gasteiger partial charge in [0.1, 0.15) is 24.0 Å². The van der Waals surface area contributed by atoms with Gasteiger partial charge in [-0.05, 0) is 31.5 Å². The molecule has 0 unspecified atom stereocenters. The fourth-order valence-corrected chi connectivity index (χ4v) is 3.22.